The van der Waals surface area contributed by atoms with Gasteiger partial charge in [0, 0.05) is 63.5 Å². The number of nitrogens with one attached hydrogen (secondary N) is 2. The molecule has 8 rings (SSSR count). The van der Waals surface area contributed by atoms with Crippen LogP contribution in [0.3, 0.4) is 0 Å². The first-order valence-electron chi connectivity index (χ1n) is 24.9. The number of amides is 5. The Hall–Kier alpha value is -7.43. The van der Waals surface area contributed by atoms with Gasteiger partial charge in [-0.05, 0) is 82.5 Å². The third-order valence-corrected chi connectivity index (χ3v) is 11.9. The summed E-state index contributed by atoms with van der Waals surface area (Å²) in [6, 6.07) is 11.4. The summed E-state index contributed by atoms with van der Waals surface area (Å²) in [7, 11) is 0. The van der Waals surface area contributed by atoms with Crippen molar-refractivity contribution in [1.29, 1.82) is 0 Å². The van der Waals surface area contributed by atoms with Crippen LogP contribution in [0, 0.1) is 19.8 Å². The maximum Gasteiger partial charge on any atom is 0.276 e. The van der Waals surface area contributed by atoms with Crippen molar-refractivity contribution in [2.24, 2.45) is 23.1 Å². The number of ether oxygens (including phenoxy) is 2. The van der Waals surface area contributed by atoms with Crippen molar-refractivity contribution in [3.8, 4) is 5.75 Å². The second-order valence-electron chi connectivity index (χ2n) is 18.4. The van der Waals surface area contributed by atoms with E-state index in [0.29, 0.717) is 109 Å². The number of carbonyl (C=O) groups excluding carboxylic acids is 5. The maximum atomic E-state index is 13.9. The minimum absolute atomic E-state index is 0.0333. The molecule has 2 saturated heterocycles. The van der Waals surface area contributed by atoms with Crippen LogP contribution in [0.4, 0.5) is 11.9 Å². The number of benzene rings is 2. The molecule has 0 saturated carbocycles. The smallest absolute Gasteiger partial charge is 0.276 e. The van der Waals surface area contributed by atoms with E-state index in [2.05, 4.69) is 51.5 Å². The Morgan fingerprint density at radius 2 is 1.33 bits per heavy atom. The van der Waals surface area contributed by atoms with Gasteiger partial charge in [0.2, 0.25) is 29.6 Å². The van der Waals surface area contributed by atoms with Crippen LogP contribution in [0.2, 0.25) is 0 Å². The highest BCUT2D eigenvalue weighted by molar-refractivity contribution is 6.05. The topological polar surface area (TPSA) is 284 Å². The Morgan fingerprint density at radius 1 is 0.781 bits per heavy atom. The number of nitrogens with zero attached hydrogens (tertiary/aromatic N) is 10. The van der Waals surface area contributed by atoms with Crippen molar-refractivity contribution >= 4 is 63.5 Å². The van der Waals surface area contributed by atoms with Gasteiger partial charge in [-0.1, -0.05) is 46.8 Å². The number of primary amides is 2. The Labute approximate surface area is 425 Å². The van der Waals surface area contributed by atoms with Crippen LogP contribution in [0.5, 0.6) is 5.75 Å². The van der Waals surface area contributed by atoms with Crippen molar-refractivity contribution in [3.05, 3.63) is 88.5 Å². The fraction of sp³-hybridized carbons (Fsp3) is 0.471. The number of aromatic nitrogens is 8. The Morgan fingerprint density at radius 3 is 1.89 bits per heavy atom. The number of allylic oxidation sites excluding steroid dienone is 2. The van der Waals surface area contributed by atoms with E-state index in [9.17, 15) is 24.0 Å². The van der Waals surface area contributed by atoms with Gasteiger partial charge < -0.3 is 40.7 Å². The van der Waals surface area contributed by atoms with Gasteiger partial charge in [0.15, 0.2) is 0 Å². The van der Waals surface area contributed by atoms with E-state index >= 15 is 0 Å². The van der Waals surface area contributed by atoms with Crippen molar-refractivity contribution in [1.82, 2.24) is 48.5 Å². The van der Waals surface area contributed by atoms with Crippen LogP contribution >= 0.6 is 0 Å². The number of nitrogens with two attached hydrogens (primary N) is 3. The summed E-state index contributed by atoms with van der Waals surface area (Å²) in [5, 5.41) is 14.7. The molecular formula is C51H71N15O7. The lowest BCUT2D eigenvalue weighted by atomic mass is 9.91. The highest BCUT2D eigenvalue weighted by atomic mass is 16.5. The standard InChI is InChI=1S/C45H55N15O7.C4H10.C2H6/c1-5-59-34(18-27(3)53-59)41(64)51-43-49-31-20-29(39(47)62)10-11-33(31)57(43)13-7-8-14-58-38-32(50-44(58)52-42(65)35-19-28(4)54-60(35)6-2)21-30(40(48)63)22-36(38)66-16-9-12-55-24-45(25-55)26-56(15-17-67-45)37(61)23-46;1-4(2)3;1-2/h7-8,10-11,18-22H,5-6,9,12-17,23-26,46H2,1-4H3,(H2,47,62)(H2,48,63)(H,49,51,64)(H,50,52,65);4H,1-3H3;1-2H3/b8-7+;;. The van der Waals surface area contributed by atoms with Crippen LogP contribution in [0.15, 0.2) is 54.6 Å². The summed E-state index contributed by atoms with van der Waals surface area (Å²) in [5.41, 5.74) is 21.0. The maximum absolute atomic E-state index is 13.9. The van der Waals surface area contributed by atoms with Crippen LogP contribution < -0.4 is 32.6 Å². The van der Waals surface area contributed by atoms with Crippen LogP contribution in [-0.4, -0.2) is 136 Å². The van der Waals surface area contributed by atoms with Crippen LogP contribution in [0.25, 0.3) is 22.1 Å². The molecule has 2 aliphatic heterocycles. The van der Waals surface area contributed by atoms with E-state index in [4.69, 9.17) is 31.7 Å². The molecule has 2 aliphatic rings. The molecule has 1 spiro atoms. The molecule has 5 amide bonds. The number of fused-ring (bicyclic) bond motifs is 2. The average Bonchev–Trinajstić information content (AvgIpc) is 4.12. The third-order valence-electron chi connectivity index (χ3n) is 11.9. The van der Waals surface area contributed by atoms with Crippen molar-refractivity contribution in [2.75, 3.05) is 63.1 Å². The molecule has 0 aliphatic carbocycles. The summed E-state index contributed by atoms with van der Waals surface area (Å²) < 4.78 is 19.3. The van der Waals surface area contributed by atoms with Gasteiger partial charge in [0.25, 0.3) is 11.8 Å². The van der Waals surface area contributed by atoms with Gasteiger partial charge in [0.05, 0.1) is 54.2 Å². The lowest BCUT2D eigenvalue weighted by Crippen LogP contribution is -2.70. The molecular weight excluding hydrogens is 935 g/mol. The molecule has 22 nitrogen and oxygen atoms in total. The summed E-state index contributed by atoms with van der Waals surface area (Å²) >= 11 is 0. The molecule has 73 heavy (non-hydrogen) atoms. The van der Waals surface area contributed by atoms with Gasteiger partial charge in [-0.3, -0.25) is 48.9 Å². The number of hydrogen-bond acceptors (Lipinski definition) is 13. The zero-order valence-electron chi connectivity index (χ0n) is 43.5. The lowest BCUT2D eigenvalue weighted by molar-refractivity contribution is -0.188. The number of imidazole rings is 2. The Kier molecular flexibility index (Phi) is 18.3. The Balaban J connectivity index is 0.00000138. The van der Waals surface area contributed by atoms with Gasteiger partial charge in [0.1, 0.15) is 28.3 Å². The summed E-state index contributed by atoms with van der Waals surface area (Å²) in [6.07, 6.45) is 4.36. The SMILES string of the molecule is CC.CC(C)C.CCn1nc(C)cc1C(=O)Nc1nc2cc(C(N)=O)ccc2n1C/C=C/Cn1c(NC(=O)c2cc(C)nn2CC)nc2cc(C(N)=O)cc(OCCCN3CC4(C3)CN(C(=O)CN)CCO4)c21. The number of rotatable bonds is 18. The number of morpholine rings is 1. The average molecular weight is 1010 g/mol. The largest absolute Gasteiger partial charge is 0.491 e. The van der Waals surface area contributed by atoms with Crippen molar-refractivity contribution in [3.63, 3.8) is 0 Å². The zero-order chi connectivity index (χ0) is 53.1. The molecule has 22 heteroatoms. The molecule has 0 radical (unpaired) electrons. The Bertz CT molecular complexity index is 2970. The van der Waals surface area contributed by atoms with Gasteiger partial charge in [-0.2, -0.15) is 10.2 Å². The van der Waals surface area contributed by atoms with E-state index in [1.54, 1.807) is 72.8 Å². The van der Waals surface area contributed by atoms with Crippen LogP contribution in [-0.2, 0) is 35.7 Å². The predicted molar refractivity (Wildman–Crippen MR) is 280 cm³/mol. The predicted octanol–water partition coefficient (Wildman–Crippen LogP) is 4.72. The number of carbonyl (C=O) groups is 5. The minimum Gasteiger partial charge on any atom is -0.491 e. The van der Waals surface area contributed by atoms with E-state index in [1.807, 2.05) is 46.8 Å². The number of aryl methyl sites for hydroxylation is 4. The summed E-state index contributed by atoms with van der Waals surface area (Å²) in [5.74, 6) is -0.649. The van der Waals surface area contributed by atoms with E-state index in [1.165, 1.54) is 0 Å². The highest BCUT2D eigenvalue weighted by Crippen LogP contribution is 2.33. The lowest BCUT2D eigenvalue weighted by Gasteiger charge is -2.54. The van der Waals surface area contributed by atoms with E-state index < -0.39 is 29.2 Å². The molecule has 2 aromatic carbocycles. The fourth-order valence-corrected chi connectivity index (χ4v) is 8.72. The number of likely N-dealkylation sites (tertiary alicyclic amines) is 1. The van der Waals surface area contributed by atoms with Crippen molar-refractivity contribution < 1.29 is 33.4 Å². The van der Waals surface area contributed by atoms with Gasteiger partial charge in [-0.15, -0.1) is 0 Å². The monoisotopic (exact) mass is 1010 g/mol. The highest BCUT2D eigenvalue weighted by Gasteiger charge is 2.47. The number of anilines is 2. The second kappa shape index (κ2) is 24.3. The zero-order valence-corrected chi connectivity index (χ0v) is 43.5. The first-order valence-corrected chi connectivity index (χ1v) is 24.9. The molecule has 8 N–H and O–H groups in total. The third kappa shape index (κ3) is 13.0. The first kappa shape index (κ1) is 54.9. The quantitative estimate of drug-likeness (QED) is 0.0576. The summed E-state index contributed by atoms with van der Waals surface area (Å²) in [4.78, 5) is 77.9. The number of hydrogen-bond donors (Lipinski definition) is 5. The molecule has 2 fully saturated rings. The first-order chi connectivity index (χ1) is 34.9. The molecule has 0 unspecified atom stereocenters. The van der Waals surface area contributed by atoms with Gasteiger partial charge in [-0.25, -0.2) is 9.97 Å². The molecule has 6 aromatic rings. The van der Waals surface area contributed by atoms with E-state index in [0.717, 1.165) is 5.92 Å². The van der Waals surface area contributed by atoms with Gasteiger partial charge >= 0.3 is 0 Å². The molecule has 4 aromatic heterocycles. The molecule has 392 valence electrons. The van der Waals surface area contributed by atoms with E-state index in [-0.39, 0.29) is 55.2 Å². The normalized spacial score (nSPS) is 14.2. The fourth-order valence-electron chi connectivity index (χ4n) is 8.72. The molecule has 6 heterocycles. The van der Waals surface area contributed by atoms with Crippen molar-refractivity contribution in [2.45, 2.75) is 101 Å². The molecule has 0 atom stereocenters. The second-order valence-corrected chi connectivity index (χ2v) is 18.4. The van der Waals surface area contributed by atoms with Crippen LogP contribution in [0.1, 0.15) is 108 Å². The summed E-state index contributed by atoms with van der Waals surface area (Å²) in [6.45, 7) is 23.0. The molecule has 0 bridgehead atoms. The minimum atomic E-state index is -0.678.